The smallest absolute Gasteiger partial charge is 0.234 e. The fourth-order valence-corrected chi connectivity index (χ4v) is 5.28. The minimum absolute atomic E-state index is 0.0930. The quantitative estimate of drug-likeness (QED) is 0.467. The van der Waals surface area contributed by atoms with Crippen LogP contribution in [-0.4, -0.2) is 46.8 Å². The van der Waals surface area contributed by atoms with Crippen molar-refractivity contribution in [1.29, 1.82) is 0 Å². The number of hydrogen-bond acceptors (Lipinski definition) is 8. The third kappa shape index (κ3) is 4.79. The van der Waals surface area contributed by atoms with Crippen molar-refractivity contribution in [1.82, 2.24) is 15.0 Å². The van der Waals surface area contributed by atoms with E-state index in [1.54, 1.807) is 24.5 Å². The van der Waals surface area contributed by atoms with Crippen molar-refractivity contribution in [2.75, 3.05) is 36.2 Å². The van der Waals surface area contributed by atoms with Crippen LogP contribution in [0.25, 0.3) is 10.3 Å². The zero-order valence-electron chi connectivity index (χ0n) is 16.4. The fraction of sp³-hybridized carbons (Fsp3) is 0.400. The Morgan fingerprint density at radius 1 is 1.41 bits per heavy atom. The van der Waals surface area contributed by atoms with Crippen molar-refractivity contribution in [3.05, 3.63) is 30.6 Å². The normalized spacial score (nSPS) is 16.8. The lowest BCUT2D eigenvalue weighted by Gasteiger charge is -2.30. The van der Waals surface area contributed by atoms with Gasteiger partial charge in [0.2, 0.25) is 5.91 Å². The average molecular weight is 430 g/mol. The lowest BCUT2D eigenvalue weighted by Crippen LogP contribution is -2.34. The number of fused-ring (bicyclic) bond motifs is 1. The van der Waals surface area contributed by atoms with Crippen molar-refractivity contribution >= 4 is 50.2 Å². The summed E-state index contributed by atoms with van der Waals surface area (Å²) >= 11 is 3.02. The van der Waals surface area contributed by atoms with E-state index in [0.29, 0.717) is 23.0 Å². The number of carbonyl (C=O) groups is 1. The molecule has 0 spiro atoms. The minimum atomic E-state index is -0.0930. The van der Waals surface area contributed by atoms with Gasteiger partial charge in [0.1, 0.15) is 21.8 Å². The topological polar surface area (TPSA) is 80.2 Å². The second-order valence-corrected chi connectivity index (χ2v) is 9.03. The molecule has 0 saturated carbocycles. The van der Waals surface area contributed by atoms with Gasteiger partial charge in [-0.1, -0.05) is 36.1 Å². The van der Waals surface area contributed by atoms with Crippen molar-refractivity contribution in [3.8, 4) is 5.75 Å². The number of anilines is 2. The molecule has 1 saturated heterocycles. The maximum atomic E-state index is 12.4. The molecular formula is C20H23N5O2S2. The Kier molecular flexibility index (Phi) is 6.15. The summed E-state index contributed by atoms with van der Waals surface area (Å²) in [6.07, 6.45) is 3.98. The molecule has 0 bridgehead atoms. The van der Waals surface area contributed by atoms with Crippen molar-refractivity contribution < 1.29 is 9.53 Å². The molecule has 3 heterocycles. The third-order valence-corrected chi connectivity index (χ3v) is 7.00. The number of amides is 1. The molecule has 1 N–H and O–H groups in total. The monoisotopic (exact) mass is 429 g/mol. The SMILES string of the molecule is COc1cccc(NC(=O)CSc2ncnc3nc(N4CCC[C@H](C)C4)sc23)c1. The molecule has 0 radical (unpaired) electrons. The van der Waals surface area contributed by atoms with Gasteiger partial charge < -0.3 is 15.0 Å². The van der Waals surface area contributed by atoms with Crippen molar-refractivity contribution in [2.45, 2.75) is 24.8 Å². The molecule has 152 valence electrons. The first-order valence-corrected chi connectivity index (χ1v) is 11.4. The Morgan fingerprint density at radius 3 is 3.14 bits per heavy atom. The van der Waals surface area contributed by atoms with Crippen molar-refractivity contribution in [3.63, 3.8) is 0 Å². The molecule has 1 aliphatic heterocycles. The second-order valence-electron chi connectivity index (χ2n) is 7.09. The van der Waals surface area contributed by atoms with Gasteiger partial charge in [0.15, 0.2) is 10.8 Å². The molecule has 9 heteroatoms. The minimum Gasteiger partial charge on any atom is -0.497 e. The number of benzene rings is 1. The molecular weight excluding hydrogens is 406 g/mol. The van der Waals surface area contributed by atoms with E-state index in [1.807, 2.05) is 18.2 Å². The van der Waals surface area contributed by atoms with E-state index in [1.165, 1.54) is 30.9 Å². The van der Waals surface area contributed by atoms with E-state index >= 15 is 0 Å². The largest absolute Gasteiger partial charge is 0.497 e. The molecule has 3 aromatic rings. The highest BCUT2D eigenvalue weighted by atomic mass is 32.2. The summed E-state index contributed by atoms with van der Waals surface area (Å²) in [6, 6.07) is 7.31. The average Bonchev–Trinajstić information content (AvgIpc) is 3.17. The number of methoxy groups -OCH3 is 1. The predicted molar refractivity (Wildman–Crippen MR) is 118 cm³/mol. The zero-order chi connectivity index (χ0) is 20.2. The zero-order valence-corrected chi connectivity index (χ0v) is 18.1. The van der Waals surface area contributed by atoms with Crippen LogP contribution in [0.3, 0.4) is 0 Å². The fourth-order valence-electron chi connectivity index (χ4n) is 3.36. The van der Waals surface area contributed by atoms with Crippen LogP contribution in [0.4, 0.5) is 10.8 Å². The maximum absolute atomic E-state index is 12.4. The summed E-state index contributed by atoms with van der Waals surface area (Å²) in [5.41, 5.74) is 1.41. The van der Waals surface area contributed by atoms with Gasteiger partial charge in [-0.25, -0.2) is 9.97 Å². The van der Waals surface area contributed by atoms with Crippen LogP contribution in [0, 0.1) is 5.92 Å². The Morgan fingerprint density at radius 2 is 2.31 bits per heavy atom. The van der Waals surface area contributed by atoms with Crippen LogP contribution in [0.15, 0.2) is 35.6 Å². The molecule has 0 unspecified atom stereocenters. The van der Waals surface area contributed by atoms with E-state index in [2.05, 4.69) is 27.1 Å². The first-order chi connectivity index (χ1) is 14.1. The molecule has 1 aromatic carbocycles. The third-order valence-electron chi connectivity index (χ3n) is 4.77. The van der Waals surface area contributed by atoms with Crippen LogP contribution < -0.4 is 15.0 Å². The molecule has 29 heavy (non-hydrogen) atoms. The van der Waals surface area contributed by atoms with E-state index < -0.39 is 0 Å². The highest BCUT2D eigenvalue weighted by molar-refractivity contribution is 8.00. The molecule has 1 amide bonds. The van der Waals surface area contributed by atoms with E-state index in [9.17, 15) is 4.79 Å². The number of aromatic nitrogens is 3. The number of hydrogen-bond donors (Lipinski definition) is 1. The van der Waals surface area contributed by atoms with Crippen LogP contribution in [0.2, 0.25) is 0 Å². The summed E-state index contributed by atoms with van der Waals surface area (Å²) in [6.45, 7) is 4.34. The van der Waals surface area contributed by atoms with Crippen LogP contribution in [0.5, 0.6) is 5.75 Å². The lowest BCUT2D eigenvalue weighted by atomic mass is 10.0. The van der Waals surface area contributed by atoms with Gasteiger partial charge in [-0.05, 0) is 30.9 Å². The highest BCUT2D eigenvalue weighted by Gasteiger charge is 2.21. The van der Waals surface area contributed by atoms with Crippen molar-refractivity contribution in [2.24, 2.45) is 5.92 Å². The second kappa shape index (κ2) is 8.96. The molecule has 2 aromatic heterocycles. The molecule has 7 nitrogen and oxygen atoms in total. The van der Waals surface area contributed by atoms with Gasteiger partial charge in [0.05, 0.1) is 12.9 Å². The van der Waals surface area contributed by atoms with Gasteiger partial charge in [-0.2, -0.15) is 4.98 Å². The lowest BCUT2D eigenvalue weighted by molar-refractivity contribution is -0.113. The summed E-state index contributed by atoms with van der Waals surface area (Å²) < 4.78 is 6.13. The standard InChI is InChI=1S/C20H23N5O2S2/c1-13-5-4-8-25(10-13)20-24-18-17(29-20)19(22-12-21-18)28-11-16(26)23-14-6-3-7-15(9-14)27-2/h3,6-7,9,12-13H,4-5,8,10-11H2,1-2H3,(H,23,26)/t13-/m0/s1. The number of ether oxygens (including phenoxy) is 1. The number of carbonyl (C=O) groups excluding carboxylic acids is 1. The number of thioether (sulfide) groups is 1. The van der Waals surface area contributed by atoms with Gasteiger partial charge >= 0.3 is 0 Å². The number of nitrogens with one attached hydrogen (secondary N) is 1. The van der Waals surface area contributed by atoms with Gasteiger partial charge in [0.25, 0.3) is 0 Å². The van der Waals surface area contributed by atoms with Gasteiger partial charge in [-0.15, -0.1) is 0 Å². The summed E-state index contributed by atoms with van der Waals surface area (Å²) in [5, 5.41) is 4.68. The number of thiazole rings is 1. The molecule has 0 aliphatic carbocycles. The number of rotatable bonds is 6. The summed E-state index contributed by atoms with van der Waals surface area (Å²) in [5.74, 6) is 1.55. The van der Waals surface area contributed by atoms with Gasteiger partial charge in [-0.3, -0.25) is 4.79 Å². The van der Waals surface area contributed by atoms with E-state index in [4.69, 9.17) is 9.72 Å². The van der Waals surface area contributed by atoms with Crippen LogP contribution >= 0.6 is 23.1 Å². The number of nitrogens with zero attached hydrogens (tertiary/aromatic N) is 4. The highest BCUT2D eigenvalue weighted by Crippen LogP contribution is 2.35. The van der Waals surface area contributed by atoms with Crippen LogP contribution in [-0.2, 0) is 4.79 Å². The Balaban J connectivity index is 1.44. The Labute approximate surface area is 177 Å². The first-order valence-electron chi connectivity index (χ1n) is 9.55. The molecule has 1 fully saturated rings. The summed E-state index contributed by atoms with van der Waals surface area (Å²) in [4.78, 5) is 28.1. The van der Waals surface area contributed by atoms with Gasteiger partial charge in [0, 0.05) is 24.8 Å². The number of piperidine rings is 1. The first kappa shape index (κ1) is 19.9. The molecule has 1 atom stereocenters. The molecule has 4 rings (SSSR count). The van der Waals surface area contributed by atoms with E-state index in [0.717, 1.165) is 27.9 Å². The predicted octanol–water partition coefficient (Wildman–Crippen LogP) is 4.06. The Hall–Kier alpha value is -2.39. The maximum Gasteiger partial charge on any atom is 0.234 e. The van der Waals surface area contributed by atoms with E-state index in [-0.39, 0.29) is 11.7 Å². The van der Waals surface area contributed by atoms with Crippen LogP contribution in [0.1, 0.15) is 19.8 Å². The molecule has 1 aliphatic rings. The Bertz CT molecular complexity index is 1010. The summed E-state index contributed by atoms with van der Waals surface area (Å²) in [7, 11) is 1.60.